The van der Waals surface area contributed by atoms with Crippen LogP contribution in [0.3, 0.4) is 0 Å². The van der Waals surface area contributed by atoms with Crippen molar-refractivity contribution >= 4 is 22.4 Å². The summed E-state index contributed by atoms with van der Waals surface area (Å²) >= 11 is 1.32. The number of benzene rings is 1. The van der Waals surface area contributed by atoms with Gasteiger partial charge in [0.1, 0.15) is 0 Å². The summed E-state index contributed by atoms with van der Waals surface area (Å²) < 4.78 is 0. The highest BCUT2D eigenvalue weighted by Crippen LogP contribution is 2.23. The number of carboxylic acids is 1. The monoisotopic (exact) mass is 219 g/mol. The molecular weight excluding hydrogens is 212 g/mol. The molecule has 2 rings (SSSR count). The van der Waals surface area contributed by atoms with E-state index in [0.717, 1.165) is 5.56 Å². The molecule has 15 heavy (non-hydrogen) atoms. The largest absolute Gasteiger partial charge is 0.545 e. The van der Waals surface area contributed by atoms with E-state index >= 15 is 0 Å². The van der Waals surface area contributed by atoms with E-state index in [2.05, 4.69) is 4.98 Å². The number of nitrogens with zero attached hydrogens (tertiary/aromatic N) is 1. The Morgan fingerprint density at radius 3 is 2.87 bits per heavy atom. The maximum absolute atomic E-state index is 10.6. The first kappa shape index (κ1) is 9.67. The summed E-state index contributed by atoms with van der Waals surface area (Å²) in [6, 6.07) is 6.43. The summed E-state index contributed by atoms with van der Waals surface area (Å²) in [6.07, 6.45) is 0. The van der Waals surface area contributed by atoms with Crippen molar-refractivity contribution < 1.29 is 9.90 Å². The van der Waals surface area contributed by atoms with Crippen molar-refractivity contribution in [1.82, 2.24) is 4.98 Å². The summed E-state index contributed by atoms with van der Waals surface area (Å²) in [5.41, 5.74) is 7.04. The Hall–Kier alpha value is -1.88. The Balaban J connectivity index is 2.45. The fourth-order valence-corrected chi connectivity index (χ4v) is 1.80. The minimum Gasteiger partial charge on any atom is -0.545 e. The molecule has 1 aromatic carbocycles. The molecule has 76 valence electrons. The highest BCUT2D eigenvalue weighted by atomic mass is 32.1. The van der Waals surface area contributed by atoms with Gasteiger partial charge in [0.15, 0.2) is 5.13 Å². The maximum atomic E-state index is 10.6. The zero-order valence-corrected chi connectivity index (χ0v) is 8.45. The second-order valence-electron chi connectivity index (χ2n) is 2.94. The summed E-state index contributed by atoms with van der Waals surface area (Å²) in [5, 5.41) is 12.9. The fourth-order valence-electron chi connectivity index (χ4n) is 1.23. The van der Waals surface area contributed by atoms with E-state index in [9.17, 15) is 9.90 Å². The first-order valence-electron chi connectivity index (χ1n) is 4.19. The van der Waals surface area contributed by atoms with Crippen LogP contribution >= 0.6 is 11.3 Å². The van der Waals surface area contributed by atoms with Crippen molar-refractivity contribution in [2.45, 2.75) is 0 Å². The lowest BCUT2D eigenvalue weighted by molar-refractivity contribution is -0.255. The van der Waals surface area contributed by atoms with Gasteiger partial charge in [-0.25, -0.2) is 4.98 Å². The van der Waals surface area contributed by atoms with Gasteiger partial charge in [-0.05, 0) is 11.6 Å². The van der Waals surface area contributed by atoms with Crippen LogP contribution in [-0.2, 0) is 0 Å². The molecule has 0 radical (unpaired) electrons. The number of carboxylic acid groups (broad SMARTS) is 1. The smallest absolute Gasteiger partial charge is 0.180 e. The summed E-state index contributed by atoms with van der Waals surface area (Å²) in [4.78, 5) is 14.7. The Bertz CT molecular complexity index is 508. The Morgan fingerprint density at radius 2 is 2.27 bits per heavy atom. The molecule has 0 atom stereocenters. The third kappa shape index (κ3) is 1.97. The minimum absolute atomic E-state index is 0.138. The molecule has 2 N–H and O–H groups in total. The molecule has 0 aliphatic rings. The Morgan fingerprint density at radius 1 is 1.47 bits per heavy atom. The lowest BCUT2D eigenvalue weighted by Crippen LogP contribution is -2.22. The molecular formula is C10H7N2O2S-. The minimum atomic E-state index is -1.19. The van der Waals surface area contributed by atoms with Gasteiger partial charge in [-0.15, -0.1) is 11.3 Å². The molecule has 0 amide bonds. The van der Waals surface area contributed by atoms with Crippen molar-refractivity contribution in [1.29, 1.82) is 0 Å². The van der Waals surface area contributed by atoms with E-state index in [1.807, 2.05) is 0 Å². The molecule has 1 heterocycles. The number of nitrogen functional groups attached to an aromatic ring is 1. The van der Waals surface area contributed by atoms with Crippen molar-refractivity contribution in [3.8, 4) is 11.3 Å². The predicted octanol–water partition coefficient (Wildman–Crippen LogP) is 0.756. The van der Waals surface area contributed by atoms with Crippen molar-refractivity contribution in [3.05, 3.63) is 35.2 Å². The van der Waals surface area contributed by atoms with Gasteiger partial charge in [0.25, 0.3) is 0 Å². The fraction of sp³-hybridized carbons (Fsp3) is 0. The third-order valence-corrected chi connectivity index (χ3v) is 2.59. The molecule has 0 spiro atoms. The summed E-state index contributed by atoms with van der Waals surface area (Å²) in [7, 11) is 0. The average Bonchev–Trinajstić information content (AvgIpc) is 2.65. The number of thiazole rings is 1. The van der Waals surface area contributed by atoms with Crippen LogP contribution in [0.15, 0.2) is 29.6 Å². The van der Waals surface area contributed by atoms with Crippen LogP contribution in [-0.4, -0.2) is 11.0 Å². The number of hydrogen-bond donors (Lipinski definition) is 1. The predicted molar refractivity (Wildman–Crippen MR) is 56.3 cm³/mol. The molecule has 0 bridgehead atoms. The zero-order valence-electron chi connectivity index (χ0n) is 7.64. The van der Waals surface area contributed by atoms with Crippen LogP contribution in [0.25, 0.3) is 11.3 Å². The van der Waals surface area contributed by atoms with E-state index in [-0.39, 0.29) is 5.56 Å². The van der Waals surface area contributed by atoms with Crippen LogP contribution in [0.4, 0.5) is 5.13 Å². The van der Waals surface area contributed by atoms with E-state index in [1.54, 1.807) is 17.5 Å². The van der Waals surface area contributed by atoms with Crippen LogP contribution in [0, 0.1) is 0 Å². The van der Waals surface area contributed by atoms with Gasteiger partial charge in [0.2, 0.25) is 0 Å². The van der Waals surface area contributed by atoms with Crippen LogP contribution < -0.4 is 10.8 Å². The molecule has 0 saturated heterocycles. The molecule has 0 aliphatic carbocycles. The normalized spacial score (nSPS) is 10.1. The number of carbonyl (C=O) groups excluding carboxylic acids is 1. The molecule has 0 unspecified atom stereocenters. The molecule has 1 aromatic heterocycles. The molecule has 2 aromatic rings. The van der Waals surface area contributed by atoms with Gasteiger partial charge in [-0.3, -0.25) is 0 Å². The first-order chi connectivity index (χ1) is 7.16. The number of nitrogens with two attached hydrogens (primary N) is 1. The quantitative estimate of drug-likeness (QED) is 0.808. The van der Waals surface area contributed by atoms with Crippen LogP contribution in [0.2, 0.25) is 0 Å². The number of hydrogen-bond acceptors (Lipinski definition) is 5. The number of rotatable bonds is 2. The molecule has 0 saturated carbocycles. The van der Waals surface area contributed by atoms with Crippen molar-refractivity contribution in [3.63, 3.8) is 0 Å². The van der Waals surface area contributed by atoms with Gasteiger partial charge >= 0.3 is 0 Å². The van der Waals surface area contributed by atoms with Gasteiger partial charge < -0.3 is 15.6 Å². The standard InChI is InChI=1S/C10H8N2O2S/c11-10-12-8(5-15-10)6-2-1-3-7(4-6)9(13)14/h1-5H,(H2,11,12)(H,13,14)/p-1. The van der Waals surface area contributed by atoms with E-state index in [4.69, 9.17) is 5.73 Å². The Kier molecular flexibility index (Phi) is 2.39. The van der Waals surface area contributed by atoms with Gasteiger partial charge in [-0.2, -0.15) is 0 Å². The molecule has 0 fully saturated rings. The maximum Gasteiger partial charge on any atom is 0.180 e. The highest BCUT2D eigenvalue weighted by molar-refractivity contribution is 7.13. The Labute approximate surface area is 90.0 Å². The molecule has 4 nitrogen and oxygen atoms in total. The van der Waals surface area contributed by atoms with Gasteiger partial charge in [0.05, 0.1) is 11.7 Å². The van der Waals surface area contributed by atoms with E-state index < -0.39 is 5.97 Å². The van der Waals surface area contributed by atoms with E-state index in [1.165, 1.54) is 23.5 Å². The third-order valence-electron chi connectivity index (χ3n) is 1.92. The lowest BCUT2D eigenvalue weighted by Gasteiger charge is -2.03. The SMILES string of the molecule is Nc1nc(-c2cccc(C(=O)[O-])c2)cs1. The van der Waals surface area contributed by atoms with Crippen LogP contribution in [0.1, 0.15) is 10.4 Å². The first-order valence-corrected chi connectivity index (χ1v) is 5.07. The lowest BCUT2D eigenvalue weighted by atomic mass is 10.1. The highest BCUT2D eigenvalue weighted by Gasteiger charge is 2.03. The number of anilines is 1. The second kappa shape index (κ2) is 3.70. The van der Waals surface area contributed by atoms with E-state index in [0.29, 0.717) is 10.8 Å². The average molecular weight is 219 g/mol. The number of carbonyl (C=O) groups is 1. The van der Waals surface area contributed by atoms with Crippen molar-refractivity contribution in [2.75, 3.05) is 5.73 Å². The summed E-state index contributed by atoms with van der Waals surface area (Å²) in [5.74, 6) is -1.19. The molecule has 5 heteroatoms. The summed E-state index contributed by atoms with van der Waals surface area (Å²) in [6.45, 7) is 0. The zero-order chi connectivity index (χ0) is 10.8. The molecule has 0 aliphatic heterocycles. The second-order valence-corrected chi connectivity index (χ2v) is 3.83. The van der Waals surface area contributed by atoms with Gasteiger partial charge in [-0.1, -0.05) is 18.2 Å². The number of aromatic carboxylic acids is 1. The van der Waals surface area contributed by atoms with Crippen molar-refractivity contribution in [2.24, 2.45) is 0 Å². The van der Waals surface area contributed by atoms with Crippen LogP contribution in [0.5, 0.6) is 0 Å². The number of aromatic nitrogens is 1. The topological polar surface area (TPSA) is 79.0 Å². The van der Waals surface area contributed by atoms with Gasteiger partial charge in [0, 0.05) is 10.9 Å².